The number of hydroxylamine groups is 1. The molecule has 4 rings (SSSR count). The molecule has 1 aliphatic heterocycles. The van der Waals surface area contributed by atoms with Crippen molar-refractivity contribution >= 4 is 11.7 Å². The summed E-state index contributed by atoms with van der Waals surface area (Å²) >= 11 is 0. The average molecular weight is 395 g/mol. The van der Waals surface area contributed by atoms with Crippen LogP contribution in [0.1, 0.15) is 58.6 Å². The minimum atomic E-state index is -0.400. The highest BCUT2D eigenvalue weighted by molar-refractivity contribution is 6.12. The zero-order valence-corrected chi connectivity index (χ0v) is 16.9. The average Bonchev–Trinajstić information content (AvgIpc) is 2.78. The third kappa shape index (κ3) is 3.22. The normalized spacial score (nSPS) is 20.5. The molecular formula is C23H25NO5. The van der Waals surface area contributed by atoms with E-state index in [1.54, 1.807) is 38.5 Å². The smallest absolute Gasteiger partial charge is 0.337 e. The van der Waals surface area contributed by atoms with Crippen molar-refractivity contribution in [3.63, 3.8) is 0 Å². The summed E-state index contributed by atoms with van der Waals surface area (Å²) in [6.07, 6.45) is 4.02. The Bertz CT molecular complexity index is 964. The Balaban J connectivity index is 1.89. The van der Waals surface area contributed by atoms with Gasteiger partial charge < -0.3 is 19.4 Å². The Morgan fingerprint density at radius 3 is 2.31 bits per heavy atom. The lowest BCUT2D eigenvalue weighted by atomic mass is 9.74. The second-order valence-electron chi connectivity index (χ2n) is 7.50. The highest BCUT2D eigenvalue weighted by Crippen LogP contribution is 2.44. The maximum atomic E-state index is 13.5. The van der Waals surface area contributed by atoms with Crippen molar-refractivity contribution in [2.24, 2.45) is 0 Å². The van der Waals surface area contributed by atoms with Crippen molar-refractivity contribution in [3.8, 4) is 11.5 Å². The number of hydrogen-bond acceptors (Lipinski definition) is 5. The summed E-state index contributed by atoms with van der Waals surface area (Å²) in [5.74, 6) is 1.05. The highest BCUT2D eigenvalue weighted by Gasteiger charge is 2.42. The maximum Gasteiger partial charge on any atom is 0.337 e. The molecule has 1 heterocycles. The van der Waals surface area contributed by atoms with Crippen LogP contribution in [-0.2, 0) is 4.74 Å². The fraction of sp³-hybridized carbons (Fsp3) is 0.391. The molecule has 2 aromatic carbocycles. The topological polar surface area (TPSA) is 70.8 Å². The highest BCUT2D eigenvalue weighted by atomic mass is 16.5. The summed E-state index contributed by atoms with van der Waals surface area (Å²) in [5.41, 5.74) is 3.83. The fourth-order valence-electron chi connectivity index (χ4n) is 4.61. The van der Waals surface area contributed by atoms with Gasteiger partial charge in [0.05, 0.1) is 32.5 Å². The molecule has 6 nitrogen and oxygen atoms in total. The number of benzene rings is 2. The van der Waals surface area contributed by atoms with E-state index in [4.69, 9.17) is 14.2 Å². The van der Waals surface area contributed by atoms with Gasteiger partial charge in [-0.25, -0.2) is 9.53 Å². The van der Waals surface area contributed by atoms with Crippen molar-refractivity contribution < 1.29 is 23.7 Å². The van der Waals surface area contributed by atoms with Crippen molar-refractivity contribution in [2.75, 3.05) is 21.3 Å². The number of methoxy groups -OCH3 is 3. The number of rotatable bonds is 4. The van der Waals surface area contributed by atoms with E-state index in [0.717, 1.165) is 42.4 Å². The van der Waals surface area contributed by atoms with Gasteiger partial charge in [-0.05, 0) is 54.8 Å². The zero-order chi connectivity index (χ0) is 20.5. The molecule has 1 fully saturated rings. The third-order valence-electron chi connectivity index (χ3n) is 6.04. The molecule has 0 saturated heterocycles. The van der Waals surface area contributed by atoms with Crippen LogP contribution in [0.5, 0.6) is 11.5 Å². The lowest BCUT2D eigenvalue weighted by molar-refractivity contribution is -0.510. The van der Waals surface area contributed by atoms with Crippen LogP contribution in [-0.4, -0.2) is 43.8 Å². The van der Waals surface area contributed by atoms with Gasteiger partial charge in [0.1, 0.15) is 0 Å². The van der Waals surface area contributed by atoms with Crippen molar-refractivity contribution in [3.05, 3.63) is 63.9 Å². The van der Waals surface area contributed by atoms with E-state index < -0.39 is 5.97 Å². The van der Waals surface area contributed by atoms with Gasteiger partial charge in [0.15, 0.2) is 17.5 Å². The van der Waals surface area contributed by atoms with Crippen LogP contribution in [0.15, 0.2) is 36.4 Å². The molecule has 1 saturated carbocycles. The van der Waals surface area contributed by atoms with Crippen LogP contribution in [0.2, 0.25) is 0 Å². The number of nitrogens with zero attached hydrogens (tertiary/aromatic N) is 1. The standard InChI is InChI=1S/C23H25NO5/c1-27-20-12-17-16-6-4-5-7-19(16)24(26)22(18(17)13-21(20)28-2)14-8-10-15(11-9-14)23(25)29-3/h8-13,16,19H,4-7H2,1-3H3. The summed E-state index contributed by atoms with van der Waals surface area (Å²) < 4.78 is 17.0. The lowest BCUT2D eigenvalue weighted by Crippen LogP contribution is -2.41. The Kier molecular flexibility index (Phi) is 5.18. The van der Waals surface area contributed by atoms with Gasteiger partial charge >= 0.3 is 5.97 Å². The molecule has 0 amide bonds. The Morgan fingerprint density at radius 2 is 1.66 bits per heavy atom. The van der Waals surface area contributed by atoms with E-state index in [9.17, 15) is 10.0 Å². The Labute approximate surface area is 170 Å². The van der Waals surface area contributed by atoms with Crippen LogP contribution in [0.4, 0.5) is 0 Å². The predicted octanol–water partition coefficient (Wildman–Crippen LogP) is 3.88. The number of carbonyl (C=O) groups is 1. The number of fused-ring (bicyclic) bond motifs is 3. The van der Waals surface area contributed by atoms with Gasteiger partial charge in [0, 0.05) is 17.9 Å². The first-order valence-electron chi connectivity index (χ1n) is 9.87. The van der Waals surface area contributed by atoms with Crippen LogP contribution >= 0.6 is 0 Å². The minimum absolute atomic E-state index is 0.0929. The monoisotopic (exact) mass is 395 g/mol. The van der Waals surface area contributed by atoms with E-state index in [0.29, 0.717) is 22.8 Å². The van der Waals surface area contributed by atoms with E-state index in [2.05, 4.69) is 0 Å². The fourth-order valence-corrected chi connectivity index (χ4v) is 4.61. The van der Waals surface area contributed by atoms with E-state index in [1.165, 1.54) is 11.8 Å². The first-order valence-corrected chi connectivity index (χ1v) is 9.87. The van der Waals surface area contributed by atoms with Gasteiger partial charge in [-0.2, -0.15) is 0 Å². The largest absolute Gasteiger partial charge is 0.623 e. The Hall–Kier alpha value is -3.02. The molecule has 152 valence electrons. The Morgan fingerprint density at radius 1 is 1.00 bits per heavy atom. The maximum absolute atomic E-state index is 13.5. The molecular weight excluding hydrogens is 370 g/mol. The molecule has 0 aromatic heterocycles. The molecule has 0 N–H and O–H groups in total. The van der Waals surface area contributed by atoms with Gasteiger partial charge in [0.25, 0.3) is 0 Å². The summed E-state index contributed by atoms with van der Waals surface area (Å²) in [5, 5.41) is 13.5. The molecule has 0 bridgehead atoms. The number of hydrogen-bond donors (Lipinski definition) is 0. The minimum Gasteiger partial charge on any atom is -0.623 e. The molecule has 29 heavy (non-hydrogen) atoms. The van der Waals surface area contributed by atoms with Crippen LogP contribution in [0.25, 0.3) is 0 Å². The first-order chi connectivity index (χ1) is 14.1. The van der Waals surface area contributed by atoms with Crippen LogP contribution < -0.4 is 9.47 Å². The van der Waals surface area contributed by atoms with Gasteiger partial charge in [-0.3, -0.25) is 0 Å². The SMILES string of the molecule is COC(=O)c1ccc(C2=[N+]([O-])C3CCCCC3c3cc(OC)c(OC)cc32)cc1. The molecule has 2 aliphatic rings. The van der Waals surface area contributed by atoms with Gasteiger partial charge in [0.2, 0.25) is 5.71 Å². The number of carbonyl (C=O) groups excluding carboxylic acids is 1. The van der Waals surface area contributed by atoms with Gasteiger partial charge in [-0.1, -0.05) is 6.42 Å². The molecule has 2 unspecified atom stereocenters. The summed E-state index contributed by atoms with van der Waals surface area (Å²) in [4.78, 5) is 11.8. The van der Waals surface area contributed by atoms with E-state index in [1.807, 2.05) is 12.1 Å². The molecule has 1 aliphatic carbocycles. The van der Waals surface area contributed by atoms with Crippen molar-refractivity contribution in [1.82, 2.24) is 0 Å². The predicted molar refractivity (Wildman–Crippen MR) is 109 cm³/mol. The molecule has 0 radical (unpaired) electrons. The molecule has 2 atom stereocenters. The van der Waals surface area contributed by atoms with Crippen LogP contribution in [0.3, 0.4) is 0 Å². The third-order valence-corrected chi connectivity index (χ3v) is 6.04. The summed E-state index contributed by atoms with van der Waals surface area (Å²) in [7, 11) is 4.57. The van der Waals surface area contributed by atoms with Crippen molar-refractivity contribution in [1.29, 1.82) is 0 Å². The molecule has 6 heteroatoms. The van der Waals surface area contributed by atoms with Crippen LogP contribution in [0, 0.1) is 5.21 Å². The summed E-state index contributed by atoms with van der Waals surface area (Å²) in [6, 6.07) is 10.8. The second kappa shape index (κ2) is 7.78. The zero-order valence-electron chi connectivity index (χ0n) is 16.9. The molecule has 0 spiro atoms. The first kappa shape index (κ1) is 19.3. The van der Waals surface area contributed by atoms with E-state index in [-0.39, 0.29) is 12.0 Å². The molecule has 2 aromatic rings. The second-order valence-corrected chi connectivity index (χ2v) is 7.50. The lowest BCUT2D eigenvalue weighted by Gasteiger charge is -2.36. The van der Waals surface area contributed by atoms with Crippen molar-refractivity contribution in [2.45, 2.75) is 37.6 Å². The number of esters is 1. The van der Waals surface area contributed by atoms with E-state index >= 15 is 0 Å². The summed E-state index contributed by atoms with van der Waals surface area (Å²) in [6.45, 7) is 0. The number of ether oxygens (including phenoxy) is 3. The quantitative estimate of drug-likeness (QED) is 0.446. The van der Waals surface area contributed by atoms with Gasteiger partial charge in [-0.15, -0.1) is 0 Å².